The van der Waals surface area contributed by atoms with Crippen LogP contribution in [0.1, 0.15) is 56.1 Å². The summed E-state index contributed by atoms with van der Waals surface area (Å²) in [6.07, 6.45) is 5.72. The molecular weight excluding hydrogens is 302 g/mol. The normalized spacial score (nSPS) is 22.7. The second-order valence-electron chi connectivity index (χ2n) is 6.42. The van der Waals surface area contributed by atoms with Crippen LogP contribution in [0.3, 0.4) is 0 Å². The van der Waals surface area contributed by atoms with Gasteiger partial charge in [0.25, 0.3) is 0 Å². The highest BCUT2D eigenvalue weighted by atomic mass is 35.5. The summed E-state index contributed by atoms with van der Waals surface area (Å²) in [4.78, 5) is 10.8. The number of carbonyl (C=O) groups is 1. The van der Waals surface area contributed by atoms with E-state index < -0.39 is 6.09 Å². The zero-order valence-electron chi connectivity index (χ0n) is 12.8. The predicted molar refractivity (Wildman–Crippen MR) is 86.0 cm³/mol. The van der Waals surface area contributed by atoms with Gasteiger partial charge in [-0.3, -0.25) is 0 Å². The molecule has 5 heteroatoms. The highest BCUT2D eigenvalue weighted by molar-refractivity contribution is 6.30. The Kier molecular flexibility index (Phi) is 4.48. The van der Waals surface area contributed by atoms with E-state index in [1.165, 1.54) is 37.7 Å². The molecule has 2 atom stereocenters. The van der Waals surface area contributed by atoms with Crippen molar-refractivity contribution in [1.29, 1.82) is 0 Å². The molecule has 2 N–H and O–H groups in total. The van der Waals surface area contributed by atoms with Crippen LogP contribution in [-0.4, -0.2) is 23.3 Å². The maximum atomic E-state index is 10.8. The lowest BCUT2D eigenvalue weighted by Gasteiger charge is -2.25. The highest BCUT2D eigenvalue weighted by Crippen LogP contribution is 2.44. The summed E-state index contributed by atoms with van der Waals surface area (Å²) in [5.74, 6) is 1.46. The maximum Gasteiger partial charge on any atom is 0.404 e. The summed E-state index contributed by atoms with van der Waals surface area (Å²) in [6, 6.07) is 3.74. The van der Waals surface area contributed by atoms with Crippen LogP contribution < -0.4 is 10.1 Å². The first kappa shape index (κ1) is 15.5. The van der Waals surface area contributed by atoms with Crippen molar-refractivity contribution in [1.82, 2.24) is 5.32 Å². The van der Waals surface area contributed by atoms with Crippen molar-refractivity contribution < 1.29 is 14.6 Å². The molecule has 22 heavy (non-hydrogen) atoms. The lowest BCUT2D eigenvalue weighted by atomic mass is 9.83. The van der Waals surface area contributed by atoms with E-state index in [1.54, 1.807) is 0 Å². The summed E-state index contributed by atoms with van der Waals surface area (Å²) in [6.45, 7) is 1.84. The van der Waals surface area contributed by atoms with E-state index in [-0.39, 0.29) is 12.1 Å². The Hall–Kier alpha value is -1.42. The van der Waals surface area contributed by atoms with Gasteiger partial charge in [0.2, 0.25) is 0 Å². The van der Waals surface area contributed by atoms with Crippen molar-refractivity contribution in [3.05, 3.63) is 28.3 Å². The Morgan fingerprint density at radius 3 is 2.77 bits per heavy atom. The van der Waals surface area contributed by atoms with Crippen LogP contribution in [0, 0.1) is 0 Å². The zero-order valence-corrected chi connectivity index (χ0v) is 13.5. The van der Waals surface area contributed by atoms with Gasteiger partial charge >= 0.3 is 6.09 Å². The topological polar surface area (TPSA) is 58.6 Å². The molecule has 0 spiro atoms. The van der Waals surface area contributed by atoms with Crippen molar-refractivity contribution >= 4 is 17.7 Å². The minimum Gasteiger partial charge on any atom is -0.487 e. The first-order chi connectivity index (χ1) is 10.5. The first-order valence-corrected chi connectivity index (χ1v) is 8.41. The smallest absolute Gasteiger partial charge is 0.404 e. The van der Waals surface area contributed by atoms with Gasteiger partial charge in [-0.25, -0.2) is 4.79 Å². The average molecular weight is 324 g/mol. The second kappa shape index (κ2) is 6.37. The lowest BCUT2D eigenvalue weighted by molar-refractivity contribution is 0.158. The molecule has 1 amide bonds. The SMILES string of the molecule is CC(NC(=O)O)C1Cc2cc(Cl)cc(C3CCCCC3)c2O1. The summed E-state index contributed by atoms with van der Waals surface area (Å²) in [5.41, 5.74) is 2.32. The number of carboxylic acid groups (broad SMARTS) is 1. The number of nitrogens with one attached hydrogen (secondary N) is 1. The van der Waals surface area contributed by atoms with Gasteiger partial charge in [-0.05, 0) is 48.9 Å². The summed E-state index contributed by atoms with van der Waals surface area (Å²) >= 11 is 6.29. The molecule has 0 bridgehead atoms. The van der Waals surface area contributed by atoms with E-state index in [1.807, 2.05) is 19.1 Å². The largest absolute Gasteiger partial charge is 0.487 e. The van der Waals surface area contributed by atoms with Crippen LogP contribution in [-0.2, 0) is 6.42 Å². The van der Waals surface area contributed by atoms with Crippen molar-refractivity contribution in [2.24, 2.45) is 0 Å². The molecule has 1 aromatic rings. The van der Waals surface area contributed by atoms with Crippen LogP contribution in [0.5, 0.6) is 5.75 Å². The van der Waals surface area contributed by atoms with Gasteiger partial charge in [0.15, 0.2) is 0 Å². The molecule has 0 aromatic heterocycles. The molecule has 4 nitrogen and oxygen atoms in total. The molecule has 1 fully saturated rings. The van der Waals surface area contributed by atoms with Gasteiger partial charge in [0.05, 0.1) is 6.04 Å². The van der Waals surface area contributed by atoms with E-state index >= 15 is 0 Å². The van der Waals surface area contributed by atoms with Gasteiger partial charge in [-0.1, -0.05) is 30.9 Å². The molecular formula is C17H22ClNO3. The third-order valence-electron chi connectivity index (χ3n) is 4.80. The second-order valence-corrected chi connectivity index (χ2v) is 6.85. The number of halogens is 1. The van der Waals surface area contributed by atoms with Crippen molar-refractivity contribution in [2.75, 3.05) is 0 Å². The maximum absolute atomic E-state index is 10.8. The fourth-order valence-corrected chi connectivity index (χ4v) is 3.91. The lowest BCUT2D eigenvalue weighted by Crippen LogP contribution is -2.42. The summed E-state index contributed by atoms with van der Waals surface area (Å²) in [7, 11) is 0. The standard InChI is InChI=1S/C17H22ClNO3/c1-10(19-17(20)21)15-8-12-7-13(18)9-14(16(12)22-15)11-5-3-2-4-6-11/h7,9-11,15,19H,2-6,8H2,1H3,(H,20,21). The van der Waals surface area contributed by atoms with Gasteiger partial charge in [0.1, 0.15) is 11.9 Å². The van der Waals surface area contributed by atoms with Gasteiger partial charge in [0, 0.05) is 11.4 Å². The van der Waals surface area contributed by atoms with Gasteiger partial charge < -0.3 is 15.2 Å². The molecule has 0 saturated heterocycles. The van der Waals surface area contributed by atoms with E-state index in [0.29, 0.717) is 12.3 Å². The van der Waals surface area contributed by atoms with Crippen LogP contribution >= 0.6 is 11.6 Å². The molecule has 0 radical (unpaired) electrons. The van der Waals surface area contributed by atoms with Crippen molar-refractivity contribution in [2.45, 2.75) is 63.5 Å². The van der Waals surface area contributed by atoms with E-state index in [0.717, 1.165) is 16.3 Å². The monoisotopic (exact) mass is 323 g/mol. The predicted octanol–water partition coefficient (Wildman–Crippen LogP) is 4.35. The van der Waals surface area contributed by atoms with Crippen molar-refractivity contribution in [3.63, 3.8) is 0 Å². The van der Waals surface area contributed by atoms with Crippen LogP contribution in [0.4, 0.5) is 4.79 Å². The number of hydrogen-bond acceptors (Lipinski definition) is 2. The van der Waals surface area contributed by atoms with Crippen LogP contribution in [0.2, 0.25) is 5.02 Å². The third-order valence-corrected chi connectivity index (χ3v) is 5.02. The number of rotatable bonds is 3. The first-order valence-electron chi connectivity index (χ1n) is 8.03. The van der Waals surface area contributed by atoms with Crippen molar-refractivity contribution in [3.8, 4) is 5.75 Å². The third kappa shape index (κ3) is 3.17. The molecule has 1 aliphatic carbocycles. The van der Waals surface area contributed by atoms with E-state index in [4.69, 9.17) is 21.4 Å². The number of amides is 1. The average Bonchev–Trinajstić information content (AvgIpc) is 2.90. The molecule has 1 saturated carbocycles. The Bertz CT molecular complexity index is 569. The molecule has 1 heterocycles. The van der Waals surface area contributed by atoms with Gasteiger partial charge in [-0.2, -0.15) is 0 Å². The number of hydrogen-bond donors (Lipinski definition) is 2. The Morgan fingerprint density at radius 2 is 2.09 bits per heavy atom. The fourth-order valence-electron chi connectivity index (χ4n) is 3.66. The summed E-state index contributed by atoms with van der Waals surface area (Å²) in [5, 5.41) is 12.1. The fraction of sp³-hybridized carbons (Fsp3) is 0.588. The molecule has 3 rings (SSSR count). The zero-order chi connectivity index (χ0) is 15.7. The number of ether oxygens (including phenoxy) is 1. The van der Waals surface area contributed by atoms with E-state index in [9.17, 15) is 4.79 Å². The molecule has 2 unspecified atom stereocenters. The molecule has 1 aliphatic heterocycles. The Balaban J connectivity index is 1.83. The van der Waals surface area contributed by atoms with E-state index in [2.05, 4.69) is 5.32 Å². The van der Waals surface area contributed by atoms with Crippen LogP contribution in [0.15, 0.2) is 12.1 Å². The number of benzene rings is 1. The van der Waals surface area contributed by atoms with Gasteiger partial charge in [-0.15, -0.1) is 0 Å². The Labute approximate surface area is 135 Å². The minimum absolute atomic E-state index is 0.160. The highest BCUT2D eigenvalue weighted by Gasteiger charge is 2.33. The molecule has 120 valence electrons. The molecule has 2 aliphatic rings. The van der Waals surface area contributed by atoms with Crippen LogP contribution in [0.25, 0.3) is 0 Å². The Morgan fingerprint density at radius 1 is 1.36 bits per heavy atom. The molecule has 1 aromatic carbocycles. The minimum atomic E-state index is -1.02. The summed E-state index contributed by atoms with van der Waals surface area (Å²) < 4.78 is 6.12. The quantitative estimate of drug-likeness (QED) is 0.869. The number of fused-ring (bicyclic) bond motifs is 1.